The Morgan fingerprint density at radius 2 is 1.86 bits per heavy atom. The topological polar surface area (TPSA) is 113 Å². The molecule has 2 aromatic carbocycles. The van der Waals surface area contributed by atoms with Gasteiger partial charge in [0.25, 0.3) is 5.56 Å². The predicted octanol–water partition coefficient (Wildman–Crippen LogP) is 4.33. The van der Waals surface area contributed by atoms with Crippen LogP contribution in [-0.4, -0.2) is 35.7 Å². The Labute approximate surface area is 220 Å². The monoisotopic (exact) mass is 523 g/mol. The van der Waals surface area contributed by atoms with Crippen molar-refractivity contribution in [3.05, 3.63) is 86.8 Å². The van der Waals surface area contributed by atoms with E-state index in [0.717, 1.165) is 22.3 Å². The van der Waals surface area contributed by atoms with Crippen LogP contribution in [0.2, 0.25) is 5.02 Å². The molecule has 0 unspecified atom stereocenters. The Bertz CT molecular complexity index is 1370. The van der Waals surface area contributed by atoms with Gasteiger partial charge in [0.2, 0.25) is 11.8 Å². The number of amides is 2. The van der Waals surface area contributed by atoms with E-state index < -0.39 is 11.9 Å². The molecule has 2 heterocycles. The number of primary amides is 1. The summed E-state index contributed by atoms with van der Waals surface area (Å²) in [7, 11) is 1.56. The molecule has 4 rings (SSSR count). The van der Waals surface area contributed by atoms with Gasteiger partial charge in [-0.3, -0.25) is 14.4 Å². The van der Waals surface area contributed by atoms with Crippen molar-refractivity contribution in [1.29, 1.82) is 0 Å². The normalized spacial score (nSPS) is 16.5. The fourth-order valence-electron chi connectivity index (χ4n) is 4.48. The number of fused-ring (bicyclic) bond motifs is 3. The van der Waals surface area contributed by atoms with Crippen LogP contribution in [0.3, 0.4) is 0 Å². The number of nitrogens with two attached hydrogens (primary N) is 1. The fourth-order valence-corrected chi connectivity index (χ4v) is 4.65. The summed E-state index contributed by atoms with van der Waals surface area (Å²) >= 11 is 6.31. The first kappa shape index (κ1) is 26.6. The van der Waals surface area contributed by atoms with Crippen molar-refractivity contribution in [2.24, 2.45) is 5.73 Å². The van der Waals surface area contributed by atoms with Gasteiger partial charge in [-0.25, -0.2) is 0 Å². The van der Waals surface area contributed by atoms with Gasteiger partial charge in [0.05, 0.1) is 18.8 Å². The van der Waals surface area contributed by atoms with Crippen LogP contribution in [0.5, 0.6) is 0 Å². The lowest BCUT2D eigenvalue weighted by Crippen LogP contribution is -2.35. The number of hydrogen-bond acceptors (Lipinski definition) is 5. The molecule has 1 aliphatic heterocycles. The molecule has 8 nitrogen and oxygen atoms in total. The minimum Gasteiger partial charge on any atom is -0.382 e. The first-order valence-electron chi connectivity index (χ1n) is 12.0. The van der Waals surface area contributed by atoms with E-state index in [9.17, 15) is 14.4 Å². The third-order valence-corrected chi connectivity index (χ3v) is 6.82. The lowest BCUT2D eigenvalue weighted by Gasteiger charge is -2.26. The molecule has 1 aliphatic rings. The van der Waals surface area contributed by atoms with Crippen LogP contribution in [0.4, 0.5) is 5.69 Å². The van der Waals surface area contributed by atoms with Gasteiger partial charge in [0, 0.05) is 47.6 Å². The minimum absolute atomic E-state index is 0.0376. The smallest absolute Gasteiger partial charge is 0.251 e. The Kier molecular flexibility index (Phi) is 8.12. The summed E-state index contributed by atoms with van der Waals surface area (Å²) in [4.78, 5) is 38.3. The van der Waals surface area contributed by atoms with Gasteiger partial charge in [-0.2, -0.15) is 0 Å². The number of methoxy groups -OCH3 is 1. The number of benzene rings is 2. The van der Waals surface area contributed by atoms with Crippen molar-refractivity contribution < 1.29 is 19.1 Å². The van der Waals surface area contributed by atoms with Crippen LogP contribution >= 0.6 is 11.6 Å². The van der Waals surface area contributed by atoms with E-state index in [0.29, 0.717) is 22.7 Å². The van der Waals surface area contributed by atoms with Crippen LogP contribution in [0.25, 0.3) is 11.1 Å². The van der Waals surface area contributed by atoms with Crippen LogP contribution < -0.4 is 16.6 Å². The molecule has 0 bridgehead atoms. The van der Waals surface area contributed by atoms with E-state index in [1.54, 1.807) is 31.5 Å². The van der Waals surface area contributed by atoms with Crippen molar-refractivity contribution in [3.8, 4) is 11.1 Å². The third kappa shape index (κ3) is 6.10. The van der Waals surface area contributed by atoms with Gasteiger partial charge in [0.1, 0.15) is 6.04 Å². The molecule has 2 amide bonds. The molecule has 3 N–H and O–H groups in total. The van der Waals surface area contributed by atoms with Crippen molar-refractivity contribution in [2.75, 3.05) is 12.4 Å². The molecule has 9 heteroatoms. The van der Waals surface area contributed by atoms with Gasteiger partial charge >= 0.3 is 0 Å². The highest BCUT2D eigenvalue weighted by molar-refractivity contribution is 6.30. The first-order valence-corrected chi connectivity index (χ1v) is 12.4. The summed E-state index contributed by atoms with van der Waals surface area (Å²) in [5.74, 6) is -0.947. The molecule has 194 valence electrons. The first-order chi connectivity index (χ1) is 17.7. The number of carbonyl (C=O) groups is 2. The maximum atomic E-state index is 13.5. The SMILES string of the molecule is CO[C@@H](C)C[C@@H](C(=O)Nc1ccc(C(N)=O)cc1)n1cc2c(cc1=O)-c1cc(Cl)ccc1C[C@@H](C)OC2. The number of halogens is 1. The molecule has 0 aliphatic carbocycles. The van der Waals surface area contributed by atoms with E-state index in [-0.39, 0.29) is 36.7 Å². The standard InChI is InChI=1S/C28H30ClN3O5/c1-16(36-3)11-25(28(35)31-22-8-5-18(6-9-22)27(30)34)32-14-20-15-37-17(2)10-19-4-7-21(29)12-23(19)24(20)13-26(32)33/h4-9,12-14,16-17,25H,10-11,15H2,1-3H3,(H2,30,34)(H,31,35)/t16-,17+,25-/m0/s1. The summed E-state index contributed by atoms with van der Waals surface area (Å²) in [6.07, 6.45) is 2.32. The second kappa shape index (κ2) is 11.3. The number of anilines is 1. The van der Waals surface area contributed by atoms with Crippen molar-refractivity contribution in [2.45, 2.75) is 51.5 Å². The third-order valence-electron chi connectivity index (χ3n) is 6.59. The Hall–Kier alpha value is -3.46. The van der Waals surface area contributed by atoms with E-state index >= 15 is 0 Å². The van der Waals surface area contributed by atoms with Gasteiger partial charge in [-0.05, 0) is 73.4 Å². The molecule has 37 heavy (non-hydrogen) atoms. The fraction of sp³-hybridized carbons (Fsp3) is 0.321. The quantitative estimate of drug-likeness (QED) is 0.478. The molecule has 3 aromatic rings. The molecule has 0 radical (unpaired) electrons. The lowest BCUT2D eigenvalue weighted by molar-refractivity contribution is -0.120. The Morgan fingerprint density at radius 1 is 1.16 bits per heavy atom. The molecular weight excluding hydrogens is 494 g/mol. The van der Waals surface area contributed by atoms with Gasteiger partial charge in [0.15, 0.2) is 0 Å². The average Bonchev–Trinajstić information content (AvgIpc) is 2.87. The van der Waals surface area contributed by atoms with Crippen LogP contribution in [-0.2, 0) is 27.3 Å². The molecule has 0 saturated heterocycles. The number of ether oxygens (including phenoxy) is 2. The number of hydrogen-bond donors (Lipinski definition) is 2. The van der Waals surface area contributed by atoms with Crippen molar-refractivity contribution >= 4 is 29.1 Å². The largest absolute Gasteiger partial charge is 0.382 e. The highest BCUT2D eigenvalue weighted by Crippen LogP contribution is 2.33. The zero-order valence-electron chi connectivity index (χ0n) is 21.0. The number of aromatic nitrogens is 1. The molecule has 3 atom stereocenters. The highest BCUT2D eigenvalue weighted by Gasteiger charge is 2.27. The maximum absolute atomic E-state index is 13.5. The van der Waals surface area contributed by atoms with E-state index in [1.807, 2.05) is 32.0 Å². The minimum atomic E-state index is -0.856. The number of carbonyl (C=O) groups excluding carboxylic acids is 2. The van der Waals surface area contributed by atoms with E-state index in [1.165, 1.54) is 16.7 Å². The zero-order chi connectivity index (χ0) is 26.7. The summed E-state index contributed by atoms with van der Waals surface area (Å²) in [5.41, 5.74) is 9.23. The molecule has 1 aromatic heterocycles. The second-order valence-corrected chi connectivity index (χ2v) is 9.75. The van der Waals surface area contributed by atoms with Gasteiger partial charge in [-0.1, -0.05) is 17.7 Å². The molecule has 0 spiro atoms. The van der Waals surface area contributed by atoms with E-state index in [2.05, 4.69) is 5.32 Å². The number of pyridine rings is 1. The highest BCUT2D eigenvalue weighted by atomic mass is 35.5. The molecule has 0 saturated carbocycles. The summed E-state index contributed by atoms with van der Waals surface area (Å²) < 4.78 is 12.9. The van der Waals surface area contributed by atoms with Crippen molar-refractivity contribution in [3.63, 3.8) is 0 Å². The molecule has 0 fully saturated rings. The maximum Gasteiger partial charge on any atom is 0.251 e. The zero-order valence-corrected chi connectivity index (χ0v) is 21.7. The summed E-state index contributed by atoms with van der Waals surface area (Å²) in [6, 6.07) is 12.6. The van der Waals surface area contributed by atoms with Crippen LogP contribution in [0, 0.1) is 0 Å². The average molecular weight is 524 g/mol. The van der Waals surface area contributed by atoms with Crippen LogP contribution in [0.1, 0.15) is 47.8 Å². The summed E-state index contributed by atoms with van der Waals surface area (Å²) in [6.45, 7) is 4.12. The van der Waals surface area contributed by atoms with Gasteiger partial charge < -0.3 is 25.1 Å². The summed E-state index contributed by atoms with van der Waals surface area (Å²) in [5, 5.41) is 3.42. The Balaban J connectivity index is 1.75. The van der Waals surface area contributed by atoms with Crippen molar-refractivity contribution in [1.82, 2.24) is 4.57 Å². The van der Waals surface area contributed by atoms with Gasteiger partial charge in [-0.15, -0.1) is 0 Å². The van der Waals surface area contributed by atoms with Crippen LogP contribution in [0.15, 0.2) is 59.5 Å². The van der Waals surface area contributed by atoms with E-state index in [4.69, 9.17) is 26.8 Å². The lowest BCUT2D eigenvalue weighted by atomic mass is 9.92. The number of rotatable bonds is 7. The number of nitrogens with zero attached hydrogens (tertiary/aromatic N) is 1. The second-order valence-electron chi connectivity index (χ2n) is 9.31. The molecular formula is C28H30ClN3O5. The Morgan fingerprint density at radius 3 is 2.54 bits per heavy atom. The predicted molar refractivity (Wildman–Crippen MR) is 143 cm³/mol. The number of nitrogens with one attached hydrogen (secondary N) is 1.